The Morgan fingerprint density at radius 2 is 1.63 bits per heavy atom. The number of hydrogen-bond acceptors (Lipinski definition) is 5. The molecule has 0 spiro atoms. The Balaban J connectivity index is 2.47. The average Bonchev–Trinajstić information content (AvgIpc) is 2.34. The molecule has 19 heavy (non-hydrogen) atoms. The van der Waals surface area contributed by atoms with Gasteiger partial charge in [-0.25, -0.2) is 16.8 Å². The molecule has 0 aromatic heterocycles. The van der Waals surface area contributed by atoms with Gasteiger partial charge in [-0.15, -0.1) is 0 Å². The van der Waals surface area contributed by atoms with Gasteiger partial charge < -0.3 is 5.32 Å². The number of benzene rings is 1. The topological polar surface area (TPSA) is 80.3 Å². The second kappa shape index (κ2) is 6.38. The van der Waals surface area contributed by atoms with Crippen LogP contribution in [0.1, 0.15) is 13.3 Å². The molecule has 1 aromatic carbocycles. The van der Waals surface area contributed by atoms with Crippen molar-refractivity contribution >= 4 is 25.4 Å². The Morgan fingerprint density at radius 3 is 2.11 bits per heavy atom. The summed E-state index contributed by atoms with van der Waals surface area (Å²) in [6, 6.07) is 6.40. The fraction of sp³-hybridized carbons (Fsp3) is 0.500. The van der Waals surface area contributed by atoms with Gasteiger partial charge in [0.25, 0.3) is 0 Å². The molecule has 0 unspecified atom stereocenters. The molecule has 0 amide bonds. The lowest BCUT2D eigenvalue weighted by Gasteiger charge is -2.07. The first-order valence-corrected chi connectivity index (χ1v) is 9.70. The minimum Gasteiger partial charge on any atom is -0.385 e. The van der Waals surface area contributed by atoms with Gasteiger partial charge in [0.1, 0.15) is 9.84 Å². The molecule has 0 saturated heterocycles. The quantitative estimate of drug-likeness (QED) is 0.769. The summed E-state index contributed by atoms with van der Waals surface area (Å²) in [6.45, 7) is 2.17. The molecular weight excluding hydrogens is 286 g/mol. The van der Waals surface area contributed by atoms with Crippen molar-refractivity contribution in [1.82, 2.24) is 0 Å². The van der Waals surface area contributed by atoms with Crippen LogP contribution in [0.2, 0.25) is 0 Å². The zero-order valence-electron chi connectivity index (χ0n) is 11.1. The van der Waals surface area contributed by atoms with E-state index in [0.29, 0.717) is 13.0 Å². The first kappa shape index (κ1) is 16.0. The van der Waals surface area contributed by atoms with Crippen LogP contribution in [0.5, 0.6) is 0 Å². The van der Waals surface area contributed by atoms with E-state index in [0.717, 1.165) is 11.9 Å². The van der Waals surface area contributed by atoms with Gasteiger partial charge in [-0.2, -0.15) is 0 Å². The SMILES string of the molecule is CCS(=O)(=O)CCCNc1ccc(S(C)(=O)=O)cc1. The van der Waals surface area contributed by atoms with Crippen LogP contribution in [0, 0.1) is 0 Å². The first-order chi connectivity index (χ1) is 8.74. The van der Waals surface area contributed by atoms with Gasteiger partial charge in [0, 0.05) is 24.2 Å². The Morgan fingerprint density at radius 1 is 1.05 bits per heavy atom. The minimum atomic E-state index is -3.17. The van der Waals surface area contributed by atoms with Crippen LogP contribution in [0.15, 0.2) is 29.2 Å². The summed E-state index contributed by atoms with van der Waals surface area (Å²) in [5, 5.41) is 3.06. The monoisotopic (exact) mass is 305 g/mol. The normalized spacial score (nSPS) is 12.3. The maximum Gasteiger partial charge on any atom is 0.175 e. The van der Waals surface area contributed by atoms with E-state index in [1.54, 1.807) is 19.1 Å². The maximum absolute atomic E-state index is 11.3. The standard InChI is InChI=1S/C12H19NO4S2/c1-3-19(16,17)10-4-9-13-11-5-7-12(8-6-11)18(2,14)15/h5-8,13H,3-4,9-10H2,1-2H3. The lowest BCUT2D eigenvalue weighted by molar-refractivity contribution is 0.595. The zero-order valence-corrected chi connectivity index (χ0v) is 12.7. The summed E-state index contributed by atoms with van der Waals surface area (Å²) in [6.07, 6.45) is 1.69. The molecular formula is C12H19NO4S2. The summed E-state index contributed by atoms with van der Waals surface area (Å²) in [5.74, 6) is 0.327. The third-order valence-corrected chi connectivity index (χ3v) is 5.60. The summed E-state index contributed by atoms with van der Waals surface area (Å²) in [4.78, 5) is 0.270. The number of rotatable bonds is 7. The van der Waals surface area contributed by atoms with Crippen molar-refractivity contribution in [2.45, 2.75) is 18.2 Å². The van der Waals surface area contributed by atoms with Gasteiger partial charge in [-0.3, -0.25) is 0 Å². The van der Waals surface area contributed by atoms with Crippen molar-refractivity contribution < 1.29 is 16.8 Å². The molecule has 0 aliphatic heterocycles. The number of sulfone groups is 2. The molecule has 5 nitrogen and oxygen atoms in total. The maximum atomic E-state index is 11.3. The van der Waals surface area contributed by atoms with Crippen LogP contribution < -0.4 is 5.32 Å². The average molecular weight is 305 g/mol. The predicted octanol–water partition coefficient (Wildman–Crippen LogP) is 1.33. The molecule has 0 bridgehead atoms. The number of nitrogens with one attached hydrogen (secondary N) is 1. The molecule has 0 radical (unpaired) electrons. The van der Waals surface area contributed by atoms with Gasteiger partial charge in [0.15, 0.2) is 9.84 Å². The Labute approximate surface area is 114 Å². The molecule has 0 heterocycles. The fourth-order valence-corrected chi connectivity index (χ4v) is 2.99. The van der Waals surface area contributed by atoms with Crippen LogP contribution in [0.25, 0.3) is 0 Å². The van der Waals surface area contributed by atoms with Crippen molar-refractivity contribution in [2.24, 2.45) is 0 Å². The second-order valence-electron chi connectivity index (χ2n) is 4.31. The molecule has 1 N–H and O–H groups in total. The highest BCUT2D eigenvalue weighted by Crippen LogP contribution is 2.13. The van der Waals surface area contributed by atoms with Gasteiger partial charge >= 0.3 is 0 Å². The van der Waals surface area contributed by atoms with Crippen LogP contribution in [0.4, 0.5) is 5.69 Å². The van der Waals surface area contributed by atoms with Gasteiger partial charge in [0.2, 0.25) is 0 Å². The Hall–Kier alpha value is -1.08. The molecule has 1 rings (SSSR count). The fourth-order valence-electron chi connectivity index (χ4n) is 1.49. The number of hydrogen-bond donors (Lipinski definition) is 1. The van der Waals surface area contributed by atoms with E-state index in [1.807, 2.05) is 0 Å². The lowest BCUT2D eigenvalue weighted by atomic mass is 10.3. The van der Waals surface area contributed by atoms with Crippen molar-refractivity contribution in [3.8, 4) is 0 Å². The number of anilines is 1. The minimum absolute atomic E-state index is 0.163. The molecule has 1 aromatic rings. The first-order valence-electron chi connectivity index (χ1n) is 5.99. The highest BCUT2D eigenvalue weighted by Gasteiger charge is 2.07. The van der Waals surface area contributed by atoms with E-state index < -0.39 is 19.7 Å². The summed E-state index contributed by atoms with van der Waals surface area (Å²) in [5.41, 5.74) is 0.779. The van der Waals surface area contributed by atoms with Gasteiger partial charge in [0.05, 0.1) is 10.6 Å². The Bertz CT molecular complexity index is 604. The van der Waals surface area contributed by atoms with Crippen LogP contribution >= 0.6 is 0 Å². The van der Waals surface area contributed by atoms with Gasteiger partial charge in [-0.05, 0) is 30.7 Å². The highest BCUT2D eigenvalue weighted by molar-refractivity contribution is 7.91. The molecule has 108 valence electrons. The molecule has 0 atom stereocenters. The van der Waals surface area contributed by atoms with E-state index in [1.165, 1.54) is 12.1 Å². The van der Waals surface area contributed by atoms with Crippen LogP contribution in [0.3, 0.4) is 0 Å². The van der Waals surface area contributed by atoms with E-state index in [2.05, 4.69) is 5.32 Å². The molecule has 0 aliphatic carbocycles. The van der Waals surface area contributed by atoms with Crippen LogP contribution in [-0.4, -0.2) is 41.1 Å². The lowest BCUT2D eigenvalue weighted by Crippen LogP contribution is -2.12. The van der Waals surface area contributed by atoms with E-state index in [4.69, 9.17) is 0 Å². The summed E-state index contributed by atoms with van der Waals surface area (Å²) < 4.78 is 45.1. The summed E-state index contributed by atoms with van der Waals surface area (Å²) >= 11 is 0. The highest BCUT2D eigenvalue weighted by atomic mass is 32.2. The van der Waals surface area contributed by atoms with Crippen LogP contribution in [-0.2, 0) is 19.7 Å². The largest absolute Gasteiger partial charge is 0.385 e. The predicted molar refractivity (Wildman–Crippen MR) is 77.0 cm³/mol. The van der Waals surface area contributed by atoms with Gasteiger partial charge in [-0.1, -0.05) is 6.92 Å². The molecule has 0 aliphatic rings. The van der Waals surface area contributed by atoms with Crippen molar-refractivity contribution in [3.05, 3.63) is 24.3 Å². The zero-order chi connectivity index (χ0) is 14.5. The molecule has 7 heteroatoms. The van der Waals surface area contributed by atoms with Crippen molar-refractivity contribution in [2.75, 3.05) is 29.6 Å². The Kier molecular flexibility index (Phi) is 5.37. The summed E-state index contributed by atoms with van der Waals surface area (Å²) in [7, 11) is -6.09. The second-order valence-corrected chi connectivity index (χ2v) is 8.80. The van der Waals surface area contributed by atoms with Crippen molar-refractivity contribution in [3.63, 3.8) is 0 Å². The van der Waals surface area contributed by atoms with E-state index in [9.17, 15) is 16.8 Å². The molecule has 0 fully saturated rings. The third-order valence-electron chi connectivity index (χ3n) is 2.68. The van der Waals surface area contributed by atoms with Crippen molar-refractivity contribution in [1.29, 1.82) is 0 Å². The van der Waals surface area contributed by atoms with E-state index >= 15 is 0 Å². The third kappa shape index (κ3) is 5.61. The smallest absolute Gasteiger partial charge is 0.175 e. The van der Waals surface area contributed by atoms with E-state index in [-0.39, 0.29) is 16.4 Å². The molecule has 0 saturated carbocycles.